The number of halogens is 2. The lowest BCUT2D eigenvalue weighted by Gasteiger charge is -2.03. The lowest BCUT2D eigenvalue weighted by molar-refractivity contribution is 0.103. The normalized spacial score (nSPS) is 10.7. The molecule has 16 heavy (non-hydrogen) atoms. The summed E-state index contributed by atoms with van der Waals surface area (Å²) in [7, 11) is 0. The molecule has 3 nitrogen and oxygen atoms in total. The Labute approximate surface area is 110 Å². The molecule has 2 aromatic heterocycles. The van der Waals surface area contributed by atoms with Crippen LogP contribution in [0.15, 0.2) is 22.1 Å². The van der Waals surface area contributed by atoms with Gasteiger partial charge in [0.2, 0.25) is 5.78 Å². The molecule has 0 fully saturated rings. The third-order valence-electron chi connectivity index (χ3n) is 2.13. The number of ketones is 1. The van der Waals surface area contributed by atoms with E-state index in [-0.39, 0.29) is 5.78 Å². The maximum Gasteiger partial charge on any atom is 0.223 e. The molecule has 0 aromatic carbocycles. The second kappa shape index (κ2) is 4.69. The standard InChI is InChI=1S/C10H8BrClN2OS/c1-2-14-8(7(12)5-13-14)9(15)10-6(11)3-4-16-10/h3-5H,2H2,1H3. The first-order valence-electron chi connectivity index (χ1n) is 4.64. The fourth-order valence-electron chi connectivity index (χ4n) is 1.39. The van der Waals surface area contributed by atoms with Crippen molar-refractivity contribution in [3.05, 3.63) is 37.7 Å². The highest BCUT2D eigenvalue weighted by Crippen LogP contribution is 2.28. The van der Waals surface area contributed by atoms with Crippen molar-refractivity contribution in [1.82, 2.24) is 9.78 Å². The van der Waals surface area contributed by atoms with Gasteiger partial charge in [-0.2, -0.15) is 5.10 Å². The van der Waals surface area contributed by atoms with Crippen LogP contribution in [0.3, 0.4) is 0 Å². The monoisotopic (exact) mass is 318 g/mol. The molecule has 0 atom stereocenters. The molecule has 0 saturated carbocycles. The van der Waals surface area contributed by atoms with E-state index in [4.69, 9.17) is 11.6 Å². The zero-order valence-electron chi connectivity index (χ0n) is 8.41. The maximum absolute atomic E-state index is 12.2. The number of aromatic nitrogens is 2. The van der Waals surface area contributed by atoms with E-state index in [1.165, 1.54) is 17.5 Å². The fourth-order valence-corrected chi connectivity index (χ4v) is 3.11. The minimum Gasteiger partial charge on any atom is -0.286 e. The maximum atomic E-state index is 12.2. The molecule has 2 heterocycles. The van der Waals surface area contributed by atoms with Crippen LogP contribution in [0, 0.1) is 0 Å². The number of aryl methyl sites for hydroxylation is 1. The molecule has 0 spiro atoms. The van der Waals surface area contributed by atoms with Crippen molar-refractivity contribution >= 4 is 44.7 Å². The summed E-state index contributed by atoms with van der Waals surface area (Å²) in [5.41, 5.74) is 0.451. The molecule has 0 unspecified atom stereocenters. The molecule has 84 valence electrons. The van der Waals surface area contributed by atoms with Crippen molar-refractivity contribution in [2.45, 2.75) is 13.5 Å². The minimum atomic E-state index is -0.0915. The number of carbonyl (C=O) groups is 1. The Morgan fingerprint density at radius 3 is 3.00 bits per heavy atom. The number of rotatable bonds is 3. The van der Waals surface area contributed by atoms with Crippen molar-refractivity contribution in [3.8, 4) is 0 Å². The van der Waals surface area contributed by atoms with Crippen LogP contribution in [0.2, 0.25) is 5.02 Å². The highest BCUT2D eigenvalue weighted by Gasteiger charge is 2.21. The zero-order chi connectivity index (χ0) is 11.7. The highest BCUT2D eigenvalue weighted by molar-refractivity contribution is 9.10. The van der Waals surface area contributed by atoms with Gasteiger partial charge in [-0.3, -0.25) is 9.48 Å². The highest BCUT2D eigenvalue weighted by atomic mass is 79.9. The van der Waals surface area contributed by atoms with E-state index in [9.17, 15) is 4.79 Å². The van der Waals surface area contributed by atoms with E-state index in [1.54, 1.807) is 4.68 Å². The van der Waals surface area contributed by atoms with Crippen LogP contribution in [0.4, 0.5) is 0 Å². The Kier molecular flexibility index (Phi) is 3.47. The molecule has 0 aliphatic rings. The van der Waals surface area contributed by atoms with Crippen molar-refractivity contribution in [2.75, 3.05) is 0 Å². The molecule has 0 saturated heterocycles. The van der Waals surface area contributed by atoms with Crippen LogP contribution >= 0.6 is 38.9 Å². The van der Waals surface area contributed by atoms with Crippen LogP contribution in [0.25, 0.3) is 0 Å². The number of nitrogens with zero attached hydrogens (tertiary/aromatic N) is 2. The molecule has 0 aliphatic carbocycles. The first-order valence-corrected chi connectivity index (χ1v) is 6.69. The van der Waals surface area contributed by atoms with Crippen LogP contribution in [0.1, 0.15) is 22.3 Å². The zero-order valence-corrected chi connectivity index (χ0v) is 11.6. The van der Waals surface area contributed by atoms with Gasteiger partial charge in [-0.1, -0.05) is 11.6 Å². The number of carbonyl (C=O) groups excluding carboxylic acids is 1. The summed E-state index contributed by atoms with van der Waals surface area (Å²) in [6.45, 7) is 2.54. The predicted molar refractivity (Wildman–Crippen MR) is 68.4 cm³/mol. The van der Waals surface area contributed by atoms with Gasteiger partial charge in [0, 0.05) is 11.0 Å². The second-order valence-electron chi connectivity index (χ2n) is 3.08. The molecule has 2 aromatic rings. The Hall–Kier alpha value is -0.650. The number of thiophene rings is 1. The first-order chi connectivity index (χ1) is 7.65. The van der Waals surface area contributed by atoms with Gasteiger partial charge < -0.3 is 0 Å². The number of hydrogen-bond acceptors (Lipinski definition) is 3. The Morgan fingerprint density at radius 1 is 1.69 bits per heavy atom. The van der Waals surface area contributed by atoms with E-state index < -0.39 is 0 Å². The molecule has 0 N–H and O–H groups in total. The molecular weight excluding hydrogens is 312 g/mol. The number of hydrogen-bond donors (Lipinski definition) is 0. The lowest BCUT2D eigenvalue weighted by Crippen LogP contribution is -2.10. The Bertz CT molecular complexity index is 535. The van der Waals surface area contributed by atoms with E-state index in [1.807, 2.05) is 18.4 Å². The summed E-state index contributed by atoms with van der Waals surface area (Å²) in [6.07, 6.45) is 1.50. The summed E-state index contributed by atoms with van der Waals surface area (Å²) in [6, 6.07) is 1.85. The summed E-state index contributed by atoms with van der Waals surface area (Å²) in [5, 5.41) is 6.30. The summed E-state index contributed by atoms with van der Waals surface area (Å²) >= 11 is 10.7. The predicted octanol–water partition coefficient (Wildman–Crippen LogP) is 3.61. The van der Waals surface area contributed by atoms with Gasteiger partial charge >= 0.3 is 0 Å². The quantitative estimate of drug-likeness (QED) is 0.810. The third kappa shape index (κ3) is 1.95. The Morgan fingerprint density at radius 2 is 2.44 bits per heavy atom. The van der Waals surface area contributed by atoms with Crippen molar-refractivity contribution in [2.24, 2.45) is 0 Å². The molecule has 0 aliphatic heterocycles. The van der Waals surface area contributed by atoms with Crippen molar-refractivity contribution in [1.29, 1.82) is 0 Å². The summed E-state index contributed by atoms with van der Waals surface area (Å²) in [5.74, 6) is -0.0915. The van der Waals surface area contributed by atoms with Crippen molar-refractivity contribution in [3.63, 3.8) is 0 Å². The van der Waals surface area contributed by atoms with Gasteiger partial charge in [0.1, 0.15) is 5.69 Å². The molecule has 0 amide bonds. The van der Waals surface area contributed by atoms with E-state index in [2.05, 4.69) is 21.0 Å². The van der Waals surface area contributed by atoms with Gasteiger partial charge in [0.25, 0.3) is 0 Å². The lowest BCUT2D eigenvalue weighted by atomic mass is 10.2. The van der Waals surface area contributed by atoms with Crippen molar-refractivity contribution < 1.29 is 4.79 Å². The van der Waals surface area contributed by atoms with Crippen LogP contribution in [-0.4, -0.2) is 15.6 Å². The molecule has 0 bridgehead atoms. The van der Waals surface area contributed by atoms with E-state index >= 15 is 0 Å². The van der Waals surface area contributed by atoms with Gasteiger partial charge in [0.15, 0.2) is 0 Å². The topological polar surface area (TPSA) is 34.9 Å². The Balaban J connectivity index is 2.49. The van der Waals surface area contributed by atoms with Crippen LogP contribution in [-0.2, 0) is 6.54 Å². The SMILES string of the molecule is CCn1ncc(Cl)c1C(=O)c1sccc1Br. The second-order valence-corrected chi connectivity index (χ2v) is 5.26. The van der Waals surface area contributed by atoms with Gasteiger partial charge in [0.05, 0.1) is 16.1 Å². The largest absolute Gasteiger partial charge is 0.286 e. The van der Waals surface area contributed by atoms with E-state index in [0.29, 0.717) is 22.1 Å². The average Bonchev–Trinajstić information content (AvgIpc) is 2.83. The summed E-state index contributed by atoms with van der Waals surface area (Å²) in [4.78, 5) is 12.9. The molecule has 2 rings (SSSR count). The first kappa shape index (κ1) is 11.8. The average molecular weight is 320 g/mol. The summed E-state index contributed by atoms with van der Waals surface area (Å²) < 4.78 is 2.40. The fraction of sp³-hybridized carbons (Fsp3) is 0.200. The third-order valence-corrected chi connectivity index (χ3v) is 4.25. The van der Waals surface area contributed by atoms with Gasteiger partial charge in [-0.15, -0.1) is 11.3 Å². The van der Waals surface area contributed by atoms with Gasteiger partial charge in [-0.05, 0) is 34.3 Å². The molecule has 6 heteroatoms. The van der Waals surface area contributed by atoms with Crippen LogP contribution in [0.5, 0.6) is 0 Å². The van der Waals surface area contributed by atoms with Gasteiger partial charge in [-0.25, -0.2) is 0 Å². The molecule has 0 radical (unpaired) electrons. The van der Waals surface area contributed by atoms with Crippen LogP contribution < -0.4 is 0 Å². The minimum absolute atomic E-state index is 0.0915. The van der Waals surface area contributed by atoms with E-state index in [0.717, 1.165) is 4.47 Å². The molecular formula is C10H8BrClN2OS. The smallest absolute Gasteiger partial charge is 0.223 e.